The van der Waals surface area contributed by atoms with E-state index in [9.17, 15) is 4.79 Å². The monoisotopic (exact) mass is 371 g/mol. The van der Waals surface area contributed by atoms with Crippen molar-refractivity contribution in [2.75, 3.05) is 20.1 Å². The highest BCUT2D eigenvalue weighted by Crippen LogP contribution is 2.46. The van der Waals surface area contributed by atoms with Crippen LogP contribution in [0.15, 0.2) is 35.8 Å². The smallest absolute Gasteiger partial charge is 0.220 e. The third kappa shape index (κ3) is 3.62. The molecule has 1 fully saturated rings. The lowest BCUT2D eigenvalue weighted by Crippen LogP contribution is -2.50. The number of ether oxygens (including phenoxy) is 1. The molecule has 138 valence electrons. The van der Waals surface area contributed by atoms with Crippen molar-refractivity contribution in [1.29, 1.82) is 0 Å². The molecule has 1 aromatic heterocycles. The van der Waals surface area contributed by atoms with Gasteiger partial charge >= 0.3 is 0 Å². The molecule has 5 nitrogen and oxygen atoms in total. The highest BCUT2D eigenvalue weighted by Gasteiger charge is 2.43. The van der Waals surface area contributed by atoms with Gasteiger partial charge in [0.2, 0.25) is 5.91 Å². The van der Waals surface area contributed by atoms with Gasteiger partial charge in [-0.05, 0) is 30.9 Å². The Bertz CT molecular complexity index is 754. The van der Waals surface area contributed by atoms with E-state index in [-0.39, 0.29) is 17.4 Å². The fourth-order valence-electron chi connectivity index (χ4n) is 4.20. The van der Waals surface area contributed by atoms with Gasteiger partial charge in [-0.3, -0.25) is 9.69 Å². The molecule has 0 saturated carbocycles. The Morgan fingerprint density at radius 2 is 2.19 bits per heavy atom. The van der Waals surface area contributed by atoms with Crippen molar-refractivity contribution in [3.63, 3.8) is 0 Å². The average molecular weight is 372 g/mol. The number of aromatic nitrogens is 1. The molecule has 1 spiro atoms. The van der Waals surface area contributed by atoms with Gasteiger partial charge in [0.1, 0.15) is 16.4 Å². The number of carbonyl (C=O) groups is 1. The number of hydrogen-bond donors (Lipinski definition) is 1. The van der Waals surface area contributed by atoms with Crippen molar-refractivity contribution in [3.05, 3.63) is 46.4 Å². The van der Waals surface area contributed by atoms with Crippen molar-refractivity contribution in [2.45, 2.75) is 43.7 Å². The molecular formula is C20H25N3O2S. The molecule has 1 amide bonds. The molecule has 6 heteroatoms. The Balaban J connectivity index is 1.48. The first-order valence-electron chi connectivity index (χ1n) is 9.27. The quantitative estimate of drug-likeness (QED) is 0.897. The molecule has 1 saturated heterocycles. The van der Waals surface area contributed by atoms with Gasteiger partial charge in [0, 0.05) is 44.1 Å². The van der Waals surface area contributed by atoms with Crippen molar-refractivity contribution in [3.8, 4) is 5.75 Å². The first-order valence-corrected chi connectivity index (χ1v) is 10.1. The number of carbonyl (C=O) groups excluding carboxylic acids is 1. The van der Waals surface area contributed by atoms with E-state index in [1.165, 1.54) is 10.6 Å². The van der Waals surface area contributed by atoms with Gasteiger partial charge in [0.25, 0.3) is 0 Å². The zero-order chi connectivity index (χ0) is 18.0. The highest BCUT2D eigenvalue weighted by atomic mass is 32.1. The molecule has 1 aromatic carbocycles. The van der Waals surface area contributed by atoms with Gasteiger partial charge in [-0.2, -0.15) is 0 Å². The molecule has 4 rings (SSSR count). The lowest BCUT2D eigenvalue weighted by atomic mass is 9.76. The third-order valence-corrected chi connectivity index (χ3v) is 6.39. The second-order valence-electron chi connectivity index (χ2n) is 7.30. The number of thiazole rings is 1. The molecule has 0 aliphatic carbocycles. The molecule has 3 heterocycles. The van der Waals surface area contributed by atoms with Crippen LogP contribution in [0.25, 0.3) is 0 Å². The molecule has 0 radical (unpaired) electrons. The SMILES string of the molecule is CNC(=O)CC1CC2(CCN(Cc3nccs3)CC2)Oc2ccccc21. The second-order valence-corrected chi connectivity index (χ2v) is 8.28. The minimum atomic E-state index is -0.146. The van der Waals surface area contributed by atoms with Crippen LogP contribution in [0.4, 0.5) is 0 Å². The summed E-state index contributed by atoms with van der Waals surface area (Å²) in [5.74, 6) is 1.29. The average Bonchev–Trinajstić information content (AvgIpc) is 3.17. The van der Waals surface area contributed by atoms with Crippen LogP contribution in [-0.4, -0.2) is 41.5 Å². The molecule has 0 bridgehead atoms. The van der Waals surface area contributed by atoms with Gasteiger partial charge < -0.3 is 10.1 Å². The predicted molar refractivity (Wildman–Crippen MR) is 102 cm³/mol. The van der Waals surface area contributed by atoms with Crippen molar-refractivity contribution in [2.24, 2.45) is 0 Å². The number of fused-ring (bicyclic) bond motifs is 1. The Kier molecular flexibility index (Phi) is 4.96. The number of para-hydroxylation sites is 1. The van der Waals surface area contributed by atoms with E-state index in [0.29, 0.717) is 6.42 Å². The molecule has 1 atom stereocenters. The van der Waals surface area contributed by atoms with Crippen molar-refractivity contribution in [1.82, 2.24) is 15.2 Å². The summed E-state index contributed by atoms with van der Waals surface area (Å²) in [7, 11) is 1.71. The summed E-state index contributed by atoms with van der Waals surface area (Å²) in [6.07, 6.45) is 5.31. The van der Waals surface area contributed by atoms with Crippen LogP contribution in [0, 0.1) is 0 Å². The Morgan fingerprint density at radius 3 is 2.92 bits per heavy atom. The lowest BCUT2D eigenvalue weighted by molar-refractivity contribution is -0.121. The largest absolute Gasteiger partial charge is 0.487 e. The van der Waals surface area contributed by atoms with E-state index in [4.69, 9.17) is 4.74 Å². The molecular weight excluding hydrogens is 346 g/mol. The first-order chi connectivity index (χ1) is 12.7. The number of amides is 1. The number of hydrogen-bond acceptors (Lipinski definition) is 5. The van der Waals surface area contributed by atoms with E-state index < -0.39 is 0 Å². The van der Waals surface area contributed by atoms with Crippen LogP contribution in [-0.2, 0) is 11.3 Å². The second kappa shape index (κ2) is 7.37. The maximum absolute atomic E-state index is 12.0. The zero-order valence-corrected chi connectivity index (χ0v) is 15.9. The number of benzene rings is 1. The maximum atomic E-state index is 12.0. The standard InChI is InChI=1S/C20H25N3O2S/c1-21-18(24)12-15-13-20(25-17-5-3-2-4-16(15)17)6-9-23(10-7-20)14-19-22-8-11-26-19/h2-5,8,11,15H,6-7,9-10,12-14H2,1H3,(H,21,24). The topological polar surface area (TPSA) is 54.5 Å². The third-order valence-electron chi connectivity index (χ3n) is 5.62. The van der Waals surface area contributed by atoms with Gasteiger partial charge in [0.05, 0.1) is 6.54 Å². The fourth-order valence-corrected chi connectivity index (χ4v) is 4.86. The van der Waals surface area contributed by atoms with E-state index in [0.717, 1.165) is 44.6 Å². The Morgan fingerprint density at radius 1 is 1.38 bits per heavy atom. The zero-order valence-electron chi connectivity index (χ0n) is 15.1. The van der Waals surface area contributed by atoms with E-state index in [2.05, 4.69) is 27.3 Å². The highest BCUT2D eigenvalue weighted by molar-refractivity contribution is 7.09. The fraction of sp³-hybridized carbons (Fsp3) is 0.500. The first kappa shape index (κ1) is 17.5. The molecule has 1 unspecified atom stereocenters. The molecule has 2 aliphatic heterocycles. The van der Waals surface area contributed by atoms with Crippen LogP contribution < -0.4 is 10.1 Å². The Hall–Kier alpha value is -1.92. The van der Waals surface area contributed by atoms with Gasteiger partial charge in [-0.15, -0.1) is 11.3 Å². The van der Waals surface area contributed by atoms with Crippen molar-refractivity contribution >= 4 is 17.2 Å². The summed E-state index contributed by atoms with van der Waals surface area (Å²) < 4.78 is 6.52. The molecule has 26 heavy (non-hydrogen) atoms. The van der Waals surface area contributed by atoms with Crippen LogP contribution in [0.2, 0.25) is 0 Å². The van der Waals surface area contributed by atoms with E-state index >= 15 is 0 Å². The summed E-state index contributed by atoms with van der Waals surface area (Å²) >= 11 is 1.72. The summed E-state index contributed by atoms with van der Waals surface area (Å²) in [5, 5.41) is 5.98. The number of likely N-dealkylation sites (tertiary alicyclic amines) is 1. The molecule has 2 aromatic rings. The lowest BCUT2D eigenvalue weighted by Gasteiger charge is -2.46. The summed E-state index contributed by atoms with van der Waals surface area (Å²) in [6.45, 7) is 2.94. The predicted octanol–water partition coefficient (Wildman–Crippen LogP) is 3.18. The minimum absolute atomic E-state index is 0.100. The molecule has 1 N–H and O–H groups in total. The summed E-state index contributed by atoms with van der Waals surface area (Å²) in [5.41, 5.74) is 1.03. The Labute approximate surface area is 158 Å². The van der Waals surface area contributed by atoms with Gasteiger partial charge in [-0.1, -0.05) is 18.2 Å². The van der Waals surface area contributed by atoms with Crippen LogP contribution in [0.1, 0.15) is 42.2 Å². The van der Waals surface area contributed by atoms with Crippen molar-refractivity contribution < 1.29 is 9.53 Å². The number of rotatable bonds is 4. The number of piperidine rings is 1. The molecule has 2 aliphatic rings. The minimum Gasteiger partial charge on any atom is -0.487 e. The van der Waals surface area contributed by atoms with Crippen LogP contribution in [0.5, 0.6) is 5.75 Å². The normalized spacial score (nSPS) is 21.8. The van der Waals surface area contributed by atoms with E-state index in [1.54, 1.807) is 18.4 Å². The van der Waals surface area contributed by atoms with E-state index in [1.807, 2.05) is 23.7 Å². The number of nitrogens with one attached hydrogen (secondary N) is 1. The summed E-state index contributed by atoms with van der Waals surface area (Å²) in [6, 6.07) is 8.21. The maximum Gasteiger partial charge on any atom is 0.220 e. The number of nitrogens with zero attached hydrogens (tertiary/aromatic N) is 2. The van der Waals surface area contributed by atoms with Crippen LogP contribution >= 0.6 is 11.3 Å². The van der Waals surface area contributed by atoms with Gasteiger partial charge in [0.15, 0.2) is 0 Å². The van der Waals surface area contributed by atoms with Gasteiger partial charge in [-0.25, -0.2) is 4.98 Å². The summed E-state index contributed by atoms with van der Waals surface area (Å²) in [4.78, 5) is 18.9. The van der Waals surface area contributed by atoms with Crippen LogP contribution in [0.3, 0.4) is 0 Å².